The minimum Gasteiger partial charge on any atom is -0.324 e. The van der Waals surface area contributed by atoms with Gasteiger partial charge in [-0.1, -0.05) is 35.3 Å². The van der Waals surface area contributed by atoms with Crippen molar-refractivity contribution < 1.29 is 9.59 Å². The van der Waals surface area contributed by atoms with Crippen molar-refractivity contribution in [3.05, 3.63) is 93.7 Å². The van der Waals surface area contributed by atoms with Gasteiger partial charge in [0.2, 0.25) is 5.91 Å². The molecular formula is C25H19Cl2N3O2S. The predicted octanol–water partition coefficient (Wildman–Crippen LogP) is 5.21. The topological polar surface area (TPSA) is 62.3 Å². The van der Waals surface area contributed by atoms with E-state index in [-0.39, 0.29) is 23.7 Å². The van der Waals surface area contributed by atoms with Crippen LogP contribution in [-0.4, -0.2) is 39.2 Å². The monoisotopic (exact) mass is 495 g/mol. The Morgan fingerprint density at radius 3 is 2.67 bits per heavy atom. The number of Topliss-reactive ketones (excluding diaryl/α,β-unsaturated/α-hetero) is 1. The van der Waals surface area contributed by atoms with Crippen LogP contribution in [0.5, 0.6) is 0 Å². The number of ketones is 1. The molecule has 1 N–H and O–H groups in total. The number of hydrogen-bond donors (Lipinski definition) is 1. The van der Waals surface area contributed by atoms with Crippen LogP contribution in [0.15, 0.2) is 67.0 Å². The highest BCUT2D eigenvalue weighted by Crippen LogP contribution is 2.61. The molecule has 2 fully saturated rings. The molecule has 0 aliphatic carbocycles. The van der Waals surface area contributed by atoms with E-state index in [1.165, 1.54) is 0 Å². The van der Waals surface area contributed by atoms with Gasteiger partial charge in [-0.25, -0.2) is 0 Å². The number of hydrogen-bond acceptors (Lipinski definition) is 5. The van der Waals surface area contributed by atoms with Crippen molar-refractivity contribution >= 4 is 52.3 Å². The lowest BCUT2D eigenvalue weighted by Crippen LogP contribution is -2.52. The highest BCUT2D eigenvalue weighted by Gasteiger charge is 2.69. The Balaban J connectivity index is 1.63. The first kappa shape index (κ1) is 21.2. The minimum atomic E-state index is -1.15. The lowest BCUT2D eigenvalue weighted by Gasteiger charge is -2.36. The molecule has 3 aliphatic heterocycles. The number of nitrogens with zero attached hydrogens (tertiary/aromatic N) is 2. The first-order valence-electron chi connectivity index (χ1n) is 10.7. The van der Waals surface area contributed by atoms with Crippen LogP contribution in [0.1, 0.15) is 27.4 Å². The first-order chi connectivity index (χ1) is 16.0. The average Bonchev–Trinajstić information content (AvgIpc) is 3.48. The maximum Gasteiger partial charge on any atom is 0.250 e. The molecule has 166 valence electrons. The Morgan fingerprint density at radius 2 is 1.91 bits per heavy atom. The number of carbonyl (C=O) groups is 2. The van der Waals surface area contributed by atoms with E-state index in [0.717, 1.165) is 16.9 Å². The van der Waals surface area contributed by atoms with Crippen LogP contribution in [0.3, 0.4) is 0 Å². The molecule has 1 spiro atoms. The summed E-state index contributed by atoms with van der Waals surface area (Å²) in [6, 6.07) is 16.6. The summed E-state index contributed by atoms with van der Waals surface area (Å²) in [5, 5.41) is 4.22. The second-order valence-electron chi connectivity index (χ2n) is 8.61. The molecule has 3 aromatic rings. The van der Waals surface area contributed by atoms with Crippen molar-refractivity contribution in [3.8, 4) is 0 Å². The molecule has 1 aromatic heterocycles. The Bertz CT molecular complexity index is 1270. The molecule has 2 saturated heterocycles. The number of carbonyl (C=O) groups excluding carboxylic acids is 2. The van der Waals surface area contributed by atoms with Gasteiger partial charge in [-0.2, -0.15) is 0 Å². The smallest absolute Gasteiger partial charge is 0.250 e. The van der Waals surface area contributed by atoms with Gasteiger partial charge in [0.1, 0.15) is 5.54 Å². The second-order valence-corrected chi connectivity index (χ2v) is 10.5. The highest BCUT2D eigenvalue weighted by atomic mass is 35.5. The molecule has 8 heteroatoms. The Morgan fingerprint density at radius 1 is 1.12 bits per heavy atom. The Labute approximate surface area is 205 Å². The summed E-state index contributed by atoms with van der Waals surface area (Å²) in [5.74, 6) is 0.380. The number of thioether (sulfide) groups is 1. The van der Waals surface area contributed by atoms with Gasteiger partial charge in [-0.3, -0.25) is 19.5 Å². The first-order valence-corrected chi connectivity index (χ1v) is 12.6. The van der Waals surface area contributed by atoms with Crippen molar-refractivity contribution in [3.63, 3.8) is 0 Å². The van der Waals surface area contributed by atoms with Gasteiger partial charge >= 0.3 is 0 Å². The maximum atomic E-state index is 14.2. The van der Waals surface area contributed by atoms with Gasteiger partial charge in [0, 0.05) is 62.8 Å². The van der Waals surface area contributed by atoms with Gasteiger partial charge in [-0.05, 0) is 48.0 Å². The molecule has 3 aliphatic rings. The number of rotatable bonds is 3. The molecule has 5 nitrogen and oxygen atoms in total. The van der Waals surface area contributed by atoms with Crippen LogP contribution in [0.2, 0.25) is 10.0 Å². The Kier molecular flexibility index (Phi) is 5.03. The van der Waals surface area contributed by atoms with Crippen LogP contribution in [0.4, 0.5) is 5.69 Å². The SMILES string of the molecule is O=C(c1cccnc1)[C@@H]1[C@@H](c2ccc(Cl)cc2)[C@@H]2CSCN2[C@@]12C(=O)Nc1ccc(Cl)cc12. The zero-order chi connectivity index (χ0) is 22.7. The molecule has 6 rings (SSSR count). The number of halogens is 2. The summed E-state index contributed by atoms with van der Waals surface area (Å²) in [4.78, 5) is 34.5. The van der Waals surface area contributed by atoms with Crippen LogP contribution in [0, 0.1) is 5.92 Å². The number of anilines is 1. The number of pyridine rings is 1. The number of fused-ring (bicyclic) bond motifs is 4. The molecule has 0 bridgehead atoms. The van der Waals surface area contributed by atoms with Crippen LogP contribution in [0.25, 0.3) is 0 Å². The lowest BCUT2D eigenvalue weighted by molar-refractivity contribution is -0.127. The number of nitrogens with one attached hydrogen (secondary N) is 1. The maximum absolute atomic E-state index is 14.2. The van der Waals surface area contributed by atoms with Crippen LogP contribution >= 0.6 is 35.0 Å². The Hall–Kier alpha value is -2.38. The average molecular weight is 496 g/mol. The molecule has 4 atom stereocenters. The van der Waals surface area contributed by atoms with Crippen molar-refractivity contribution in [2.45, 2.75) is 17.5 Å². The fourth-order valence-electron chi connectivity index (χ4n) is 5.79. The lowest BCUT2D eigenvalue weighted by atomic mass is 9.69. The van der Waals surface area contributed by atoms with Crippen molar-refractivity contribution in [1.29, 1.82) is 0 Å². The summed E-state index contributed by atoms with van der Waals surface area (Å²) in [7, 11) is 0. The molecule has 0 radical (unpaired) electrons. The highest BCUT2D eigenvalue weighted by molar-refractivity contribution is 7.99. The van der Waals surface area contributed by atoms with E-state index in [9.17, 15) is 9.59 Å². The van der Waals surface area contributed by atoms with Gasteiger partial charge in [0.25, 0.3) is 0 Å². The molecule has 1 amide bonds. The molecule has 33 heavy (non-hydrogen) atoms. The molecule has 0 saturated carbocycles. The van der Waals surface area contributed by atoms with Crippen LogP contribution < -0.4 is 5.32 Å². The van der Waals surface area contributed by atoms with Crippen LogP contribution in [-0.2, 0) is 10.3 Å². The largest absolute Gasteiger partial charge is 0.324 e. The van der Waals surface area contributed by atoms with Crippen molar-refractivity contribution in [2.75, 3.05) is 16.9 Å². The predicted molar refractivity (Wildman–Crippen MR) is 131 cm³/mol. The van der Waals surface area contributed by atoms with E-state index in [1.54, 1.807) is 42.4 Å². The van der Waals surface area contributed by atoms with E-state index in [4.69, 9.17) is 23.2 Å². The van der Waals surface area contributed by atoms with E-state index < -0.39 is 11.5 Å². The number of amides is 1. The summed E-state index contributed by atoms with van der Waals surface area (Å²) >= 11 is 14.4. The summed E-state index contributed by atoms with van der Waals surface area (Å²) < 4.78 is 0. The summed E-state index contributed by atoms with van der Waals surface area (Å²) in [6.45, 7) is 0. The van der Waals surface area contributed by atoms with Gasteiger partial charge < -0.3 is 5.32 Å². The fraction of sp³-hybridized carbons (Fsp3) is 0.240. The third-order valence-electron chi connectivity index (χ3n) is 7.07. The summed E-state index contributed by atoms with van der Waals surface area (Å²) in [6.07, 6.45) is 3.23. The zero-order valence-electron chi connectivity index (χ0n) is 17.4. The van der Waals surface area contributed by atoms with Gasteiger partial charge in [0.15, 0.2) is 5.78 Å². The van der Waals surface area contributed by atoms with Gasteiger partial charge in [-0.15, -0.1) is 11.8 Å². The van der Waals surface area contributed by atoms with E-state index >= 15 is 0 Å². The van der Waals surface area contributed by atoms with Gasteiger partial charge in [0.05, 0.1) is 5.92 Å². The molecule has 4 heterocycles. The van der Waals surface area contributed by atoms with E-state index in [0.29, 0.717) is 27.2 Å². The normalized spacial score (nSPS) is 28.1. The molecular weight excluding hydrogens is 477 g/mol. The second kappa shape index (κ2) is 7.84. The number of benzene rings is 2. The van der Waals surface area contributed by atoms with E-state index in [1.807, 2.05) is 36.4 Å². The summed E-state index contributed by atoms with van der Waals surface area (Å²) in [5.41, 5.74) is 1.83. The third-order valence-corrected chi connectivity index (χ3v) is 8.59. The van der Waals surface area contributed by atoms with Crippen molar-refractivity contribution in [2.24, 2.45) is 5.92 Å². The third kappa shape index (κ3) is 3.01. The van der Waals surface area contributed by atoms with E-state index in [2.05, 4.69) is 15.2 Å². The molecule has 0 unspecified atom stereocenters. The number of aromatic nitrogens is 1. The minimum absolute atomic E-state index is 0.0116. The van der Waals surface area contributed by atoms with Crippen molar-refractivity contribution in [1.82, 2.24) is 9.88 Å². The quantitative estimate of drug-likeness (QED) is 0.505. The zero-order valence-corrected chi connectivity index (χ0v) is 19.7. The standard InChI is InChI=1S/C25H19Cl2N3O2S/c26-16-5-3-14(4-6-16)21-20-12-33-13-30(20)25(22(21)23(31)15-2-1-9-28-11-15)18-10-17(27)7-8-19(18)29-24(25)32/h1-11,20-22H,12-13H2,(H,29,32)/t20-,21-,22-,25+/m0/s1. The molecule has 2 aromatic carbocycles. The fourth-order valence-corrected chi connectivity index (χ4v) is 7.42.